The Bertz CT molecular complexity index is 175. The van der Waals surface area contributed by atoms with Crippen LogP contribution in [0, 0.1) is 0 Å². The monoisotopic (exact) mass is 221 g/mol. The molecule has 0 radical (unpaired) electrons. The zero-order valence-electron chi connectivity index (χ0n) is 5.42. The number of alkyl halides is 1. The van der Waals surface area contributed by atoms with Crippen LogP contribution in [0.3, 0.4) is 0 Å². The van der Waals surface area contributed by atoms with E-state index in [0.29, 0.717) is 16.5 Å². The first-order valence-electron chi connectivity index (χ1n) is 3.32. The van der Waals surface area contributed by atoms with Gasteiger partial charge in [0.25, 0.3) is 0 Å². The van der Waals surface area contributed by atoms with Gasteiger partial charge in [-0.15, -0.1) is 11.8 Å². The number of fused-ring (bicyclic) bond motifs is 1. The first-order valence-corrected chi connectivity index (χ1v) is 5.38. The van der Waals surface area contributed by atoms with Gasteiger partial charge in [-0.3, -0.25) is 4.79 Å². The van der Waals surface area contributed by atoms with Crippen molar-refractivity contribution in [1.82, 2.24) is 4.90 Å². The largest absolute Gasteiger partial charge is 0.329 e. The predicted molar refractivity (Wildman–Crippen MR) is 45.3 cm³/mol. The molecule has 2 heterocycles. The maximum atomic E-state index is 10.9. The fourth-order valence-corrected chi connectivity index (χ4v) is 3.35. The highest BCUT2D eigenvalue weighted by Gasteiger charge is 2.44. The summed E-state index contributed by atoms with van der Waals surface area (Å²) in [6.45, 7) is 0.958. The van der Waals surface area contributed by atoms with Crippen molar-refractivity contribution in [2.45, 2.75) is 17.0 Å². The lowest BCUT2D eigenvalue weighted by Gasteiger charge is -2.32. The number of nitrogens with zero attached hydrogens (tertiary/aromatic N) is 1. The maximum Gasteiger partial charge on any atom is 0.226 e. The number of amides is 1. The highest BCUT2D eigenvalue weighted by molar-refractivity contribution is 9.09. The minimum absolute atomic E-state index is 0.334. The Hall–Kier alpha value is 0.300. The van der Waals surface area contributed by atoms with Crippen LogP contribution < -0.4 is 0 Å². The SMILES string of the molecule is O=C1C[C@@H]2S[C@H](CBr)CN12. The molecule has 0 aromatic heterocycles. The van der Waals surface area contributed by atoms with E-state index in [9.17, 15) is 4.79 Å². The average Bonchev–Trinajstić information content (AvgIpc) is 2.26. The Kier molecular flexibility index (Phi) is 1.68. The van der Waals surface area contributed by atoms with Crippen molar-refractivity contribution in [2.75, 3.05) is 11.9 Å². The molecule has 0 bridgehead atoms. The van der Waals surface area contributed by atoms with Crippen LogP contribution in [0.1, 0.15) is 6.42 Å². The molecular weight excluding hydrogens is 214 g/mol. The fraction of sp³-hybridized carbons (Fsp3) is 0.833. The van der Waals surface area contributed by atoms with Crippen LogP contribution in [0.2, 0.25) is 0 Å². The van der Waals surface area contributed by atoms with E-state index >= 15 is 0 Å². The molecule has 0 aromatic rings. The topological polar surface area (TPSA) is 20.3 Å². The van der Waals surface area contributed by atoms with E-state index in [1.54, 1.807) is 0 Å². The van der Waals surface area contributed by atoms with Crippen LogP contribution in [0.4, 0.5) is 0 Å². The molecule has 56 valence electrons. The molecule has 10 heavy (non-hydrogen) atoms. The minimum Gasteiger partial charge on any atom is -0.329 e. The number of thioether (sulfide) groups is 1. The van der Waals surface area contributed by atoms with Gasteiger partial charge < -0.3 is 4.90 Å². The third-order valence-electron chi connectivity index (χ3n) is 1.94. The minimum atomic E-state index is 0.334. The molecule has 0 spiro atoms. The van der Waals surface area contributed by atoms with E-state index in [2.05, 4.69) is 15.9 Å². The normalized spacial score (nSPS) is 37.7. The highest BCUT2D eigenvalue weighted by Crippen LogP contribution is 2.39. The first kappa shape index (κ1) is 6.98. The van der Waals surface area contributed by atoms with Crippen molar-refractivity contribution in [2.24, 2.45) is 0 Å². The van der Waals surface area contributed by atoms with Gasteiger partial charge in [-0.2, -0.15) is 0 Å². The molecule has 0 unspecified atom stereocenters. The third kappa shape index (κ3) is 0.889. The van der Waals surface area contributed by atoms with Gasteiger partial charge in [0.1, 0.15) is 0 Å². The van der Waals surface area contributed by atoms with Crippen LogP contribution in [-0.2, 0) is 4.79 Å². The molecule has 2 aliphatic heterocycles. The Morgan fingerprint density at radius 2 is 2.60 bits per heavy atom. The summed E-state index contributed by atoms with van der Waals surface area (Å²) < 4.78 is 0. The Balaban J connectivity index is 1.99. The fourth-order valence-electron chi connectivity index (χ4n) is 1.34. The number of carbonyl (C=O) groups is 1. The van der Waals surface area contributed by atoms with Crippen LogP contribution in [0.5, 0.6) is 0 Å². The third-order valence-corrected chi connectivity index (χ3v) is 4.59. The zero-order chi connectivity index (χ0) is 7.14. The number of rotatable bonds is 1. The lowest BCUT2D eigenvalue weighted by molar-refractivity contribution is -0.140. The van der Waals surface area contributed by atoms with Crippen LogP contribution in [0.25, 0.3) is 0 Å². The van der Waals surface area contributed by atoms with Crippen LogP contribution in [-0.4, -0.2) is 33.3 Å². The summed E-state index contributed by atoms with van der Waals surface area (Å²) in [5, 5.41) is 2.17. The second kappa shape index (κ2) is 2.41. The number of halogens is 1. The molecule has 1 amide bonds. The summed E-state index contributed by atoms with van der Waals surface area (Å²) in [5.41, 5.74) is 0. The molecule has 2 nitrogen and oxygen atoms in total. The number of hydrogen-bond donors (Lipinski definition) is 0. The molecule has 0 aliphatic carbocycles. The Morgan fingerprint density at radius 1 is 1.80 bits per heavy atom. The van der Waals surface area contributed by atoms with Gasteiger partial charge in [-0.25, -0.2) is 0 Å². The number of carbonyl (C=O) groups excluding carboxylic acids is 1. The summed E-state index contributed by atoms with van der Waals surface area (Å²) in [6, 6.07) is 0. The second-order valence-corrected chi connectivity index (χ2v) is 4.75. The predicted octanol–water partition coefficient (Wildman–Crippen LogP) is 1.06. The van der Waals surface area contributed by atoms with Gasteiger partial charge >= 0.3 is 0 Å². The van der Waals surface area contributed by atoms with E-state index < -0.39 is 0 Å². The summed E-state index contributed by atoms with van der Waals surface area (Å²) in [5.74, 6) is 0.334. The van der Waals surface area contributed by atoms with E-state index in [1.165, 1.54) is 0 Å². The van der Waals surface area contributed by atoms with E-state index in [1.807, 2.05) is 16.7 Å². The van der Waals surface area contributed by atoms with Crippen LogP contribution in [0.15, 0.2) is 0 Å². The van der Waals surface area contributed by atoms with E-state index in [0.717, 1.165) is 18.3 Å². The second-order valence-electron chi connectivity index (χ2n) is 2.62. The summed E-state index contributed by atoms with van der Waals surface area (Å²) >= 11 is 5.34. The molecular formula is C6H8BrNOS. The van der Waals surface area contributed by atoms with Crippen molar-refractivity contribution in [3.05, 3.63) is 0 Å². The standard InChI is InChI=1S/C6H8BrNOS/c7-2-4-3-8-5(9)1-6(8)10-4/h4,6H,1-3H2/t4-,6+/m1/s1. The highest BCUT2D eigenvalue weighted by atomic mass is 79.9. The first-order chi connectivity index (χ1) is 4.81. The summed E-state index contributed by atoms with van der Waals surface area (Å²) in [6.07, 6.45) is 0.772. The van der Waals surface area contributed by atoms with Gasteiger partial charge in [0.2, 0.25) is 5.91 Å². The van der Waals surface area contributed by atoms with Gasteiger partial charge in [-0.1, -0.05) is 15.9 Å². The molecule has 2 atom stereocenters. The molecule has 2 saturated heterocycles. The lowest BCUT2D eigenvalue weighted by Crippen LogP contribution is -2.47. The lowest BCUT2D eigenvalue weighted by atomic mass is 10.2. The van der Waals surface area contributed by atoms with Crippen LogP contribution >= 0.6 is 27.7 Å². The number of hydrogen-bond acceptors (Lipinski definition) is 2. The van der Waals surface area contributed by atoms with Gasteiger partial charge in [0.05, 0.1) is 11.8 Å². The van der Waals surface area contributed by atoms with Crippen molar-refractivity contribution in [1.29, 1.82) is 0 Å². The van der Waals surface area contributed by atoms with Gasteiger partial charge in [0, 0.05) is 17.1 Å². The summed E-state index contributed by atoms with van der Waals surface area (Å²) in [4.78, 5) is 12.8. The van der Waals surface area contributed by atoms with Crippen molar-refractivity contribution in [3.8, 4) is 0 Å². The molecule has 2 rings (SSSR count). The maximum absolute atomic E-state index is 10.9. The van der Waals surface area contributed by atoms with Gasteiger partial charge in [-0.05, 0) is 0 Å². The van der Waals surface area contributed by atoms with E-state index in [-0.39, 0.29) is 0 Å². The summed E-state index contributed by atoms with van der Waals surface area (Å²) in [7, 11) is 0. The zero-order valence-corrected chi connectivity index (χ0v) is 7.82. The molecule has 0 N–H and O–H groups in total. The van der Waals surface area contributed by atoms with E-state index in [4.69, 9.17) is 0 Å². The van der Waals surface area contributed by atoms with Gasteiger partial charge in [0.15, 0.2) is 0 Å². The quantitative estimate of drug-likeness (QED) is 0.488. The Morgan fingerprint density at radius 3 is 3.10 bits per heavy atom. The van der Waals surface area contributed by atoms with Crippen molar-refractivity contribution < 1.29 is 4.79 Å². The van der Waals surface area contributed by atoms with Crippen molar-refractivity contribution >= 4 is 33.6 Å². The molecule has 2 aliphatic rings. The van der Waals surface area contributed by atoms with Crippen molar-refractivity contribution in [3.63, 3.8) is 0 Å². The average molecular weight is 222 g/mol. The molecule has 0 aromatic carbocycles. The smallest absolute Gasteiger partial charge is 0.226 e. The Labute approximate surface area is 72.5 Å². The molecule has 0 saturated carbocycles. The number of β-lactam (4-membered cyclic amide) rings is 1. The molecule has 2 fully saturated rings. The molecule has 4 heteroatoms.